The average molecular weight is 474 g/mol. The Balaban J connectivity index is 1.63. The molecule has 2 amide bonds. The van der Waals surface area contributed by atoms with Crippen molar-refractivity contribution in [2.75, 3.05) is 32.2 Å². The van der Waals surface area contributed by atoms with Crippen LogP contribution in [0.1, 0.15) is 37.7 Å². The monoisotopic (exact) mass is 473 g/mol. The van der Waals surface area contributed by atoms with E-state index in [0.29, 0.717) is 43.0 Å². The van der Waals surface area contributed by atoms with Crippen LogP contribution >= 0.6 is 0 Å². The zero-order valence-corrected chi connectivity index (χ0v) is 19.3. The normalized spacial score (nSPS) is 10.3. The average Bonchev–Trinajstić information content (AvgIpc) is 2.83. The van der Waals surface area contributed by atoms with Gasteiger partial charge in [-0.2, -0.15) is 0 Å². The van der Waals surface area contributed by atoms with Crippen molar-refractivity contribution >= 4 is 17.5 Å². The maximum Gasteiger partial charge on any atom is 0.294 e. The van der Waals surface area contributed by atoms with Crippen LogP contribution in [-0.4, -0.2) is 43.8 Å². The molecule has 2 aromatic carbocycles. The number of nitrogens with zero attached hydrogens (tertiary/aromatic N) is 1. The van der Waals surface area contributed by atoms with Crippen LogP contribution in [0, 0.1) is 10.1 Å². The molecule has 0 aliphatic carbocycles. The summed E-state index contributed by atoms with van der Waals surface area (Å²) in [5.74, 6) is 0.756. The lowest BCUT2D eigenvalue weighted by molar-refractivity contribution is -0.757. The Morgan fingerprint density at radius 2 is 1.76 bits per heavy atom. The molecule has 0 heterocycles. The van der Waals surface area contributed by atoms with Crippen LogP contribution in [0.25, 0.3) is 0 Å². The third-order valence-corrected chi connectivity index (χ3v) is 4.88. The Hall–Kier alpha value is -3.82. The molecule has 10 nitrogen and oxygen atoms in total. The first-order chi connectivity index (χ1) is 16.5. The van der Waals surface area contributed by atoms with Crippen molar-refractivity contribution in [2.24, 2.45) is 0 Å². The number of unbranched alkanes of at least 4 members (excludes halogenated alkanes) is 2. The Morgan fingerprint density at radius 1 is 0.971 bits per heavy atom. The van der Waals surface area contributed by atoms with Crippen molar-refractivity contribution in [3.8, 4) is 11.5 Å². The standard InChI is InChI=1S/C24H31N3O7/c1-32-22-13-12-20(33-16-17-34-27(30)31)18-21(22)26-24(29)10-6-3-7-15-25-23(28)14-11-19-8-4-2-5-9-19/h2,4-5,8-9,12-13,18H,3,6-7,10-11,14-17H2,1H3,(H,25,28)(H,26,29). The third kappa shape index (κ3) is 10.7. The molecule has 0 fully saturated rings. The molecule has 0 radical (unpaired) electrons. The summed E-state index contributed by atoms with van der Waals surface area (Å²) in [6.45, 7) is 0.375. The number of hydrogen-bond acceptors (Lipinski definition) is 7. The van der Waals surface area contributed by atoms with Gasteiger partial charge in [-0.1, -0.05) is 36.8 Å². The van der Waals surface area contributed by atoms with E-state index < -0.39 is 5.09 Å². The second kappa shape index (κ2) is 15.1. The fraction of sp³-hybridized carbons (Fsp3) is 0.417. The van der Waals surface area contributed by atoms with E-state index in [1.807, 2.05) is 30.3 Å². The fourth-order valence-corrected chi connectivity index (χ4v) is 3.16. The Morgan fingerprint density at radius 3 is 2.50 bits per heavy atom. The van der Waals surface area contributed by atoms with Gasteiger partial charge in [0.05, 0.1) is 12.8 Å². The van der Waals surface area contributed by atoms with Gasteiger partial charge >= 0.3 is 0 Å². The molecule has 10 heteroatoms. The summed E-state index contributed by atoms with van der Waals surface area (Å²) in [6.07, 6.45) is 3.79. The Labute approximate surface area is 198 Å². The summed E-state index contributed by atoms with van der Waals surface area (Å²) in [5.41, 5.74) is 1.59. The van der Waals surface area contributed by atoms with E-state index in [9.17, 15) is 19.7 Å². The molecule has 2 N–H and O–H groups in total. The molecule has 0 saturated heterocycles. The maximum atomic E-state index is 12.3. The smallest absolute Gasteiger partial charge is 0.294 e. The molecule has 0 atom stereocenters. The van der Waals surface area contributed by atoms with Gasteiger partial charge in [0.25, 0.3) is 5.09 Å². The number of hydrogen-bond donors (Lipinski definition) is 2. The topological polar surface area (TPSA) is 129 Å². The van der Waals surface area contributed by atoms with Gasteiger partial charge in [-0.25, -0.2) is 0 Å². The second-order valence-corrected chi connectivity index (χ2v) is 7.46. The van der Waals surface area contributed by atoms with Crippen molar-refractivity contribution in [1.29, 1.82) is 0 Å². The molecule has 0 saturated carbocycles. The minimum Gasteiger partial charge on any atom is -0.495 e. The highest BCUT2D eigenvalue weighted by atomic mass is 17.0. The van der Waals surface area contributed by atoms with Crippen LogP contribution in [0.2, 0.25) is 0 Å². The molecule has 0 aliphatic rings. The molecule has 0 spiro atoms. The first-order valence-corrected chi connectivity index (χ1v) is 11.2. The molecule has 34 heavy (non-hydrogen) atoms. The number of nitrogens with one attached hydrogen (secondary N) is 2. The van der Waals surface area contributed by atoms with E-state index in [1.54, 1.807) is 18.2 Å². The van der Waals surface area contributed by atoms with E-state index in [-0.39, 0.29) is 25.0 Å². The van der Waals surface area contributed by atoms with Gasteiger partial charge in [0.15, 0.2) is 0 Å². The first-order valence-electron chi connectivity index (χ1n) is 11.2. The lowest BCUT2D eigenvalue weighted by Crippen LogP contribution is -2.24. The number of carbonyl (C=O) groups excluding carboxylic acids is 2. The predicted octanol–water partition coefficient (Wildman–Crippen LogP) is 3.53. The zero-order chi connectivity index (χ0) is 24.6. The van der Waals surface area contributed by atoms with Crippen LogP contribution in [0.15, 0.2) is 48.5 Å². The zero-order valence-electron chi connectivity index (χ0n) is 19.3. The van der Waals surface area contributed by atoms with E-state index >= 15 is 0 Å². The van der Waals surface area contributed by atoms with E-state index in [1.165, 1.54) is 7.11 Å². The molecule has 0 aliphatic heterocycles. The highest BCUT2D eigenvalue weighted by molar-refractivity contribution is 5.92. The van der Waals surface area contributed by atoms with Crippen LogP contribution in [0.3, 0.4) is 0 Å². The summed E-state index contributed by atoms with van der Waals surface area (Å²) < 4.78 is 10.7. The summed E-state index contributed by atoms with van der Waals surface area (Å²) in [5, 5.41) is 15.0. The molecule has 184 valence electrons. The minimum absolute atomic E-state index is 0.0104. The van der Waals surface area contributed by atoms with Gasteiger partial charge in [-0.15, -0.1) is 10.1 Å². The van der Waals surface area contributed by atoms with Gasteiger partial charge in [0.2, 0.25) is 11.8 Å². The quantitative estimate of drug-likeness (QED) is 0.217. The van der Waals surface area contributed by atoms with E-state index in [4.69, 9.17) is 9.47 Å². The SMILES string of the molecule is COc1ccc(OCCO[N+](=O)[O-])cc1NC(=O)CCCCCNC(=O)CCc1ccccc1. The summed E-state index contributed by atoms with van der Waals surface area (Å²) in [7, 11) is 1.49. The molecule has 0 bridgehead atoms. The third-order valence-electron chi connectivity index (χ3n) is 4.88. The summed E-state index contributed by atoms with van der Waals surface area (Å²) >= 11 is 0. The van der Waals surface area contributed by atoms with E-state index in [0.717, 1.165) is 24.8 Å². The summed E-state index contributed by atoms with van der Waals surface area (Å²) in [4.78, 5) is 38.6. The van der Waals surface area contributed by atoms with Gasteiger partial charge < -0.3 is 24.9 Å². The van der Waals surface area contributed by atoms with Crippen molar-refractivity contribution in [3.63, 3.8) is 0 Å². The van der Waals surface area contributed by atoms with Crippen molar-refractivity contribution < 1.29 is 29.0 Å². The predicted molar refractivity (Wildman–Crippen MR) is 126 cm³/mol. The number of anilines is 1. The molecule has 0 aromatic heterocycles. The molecule has 2 rings (SSSR count). The molecule has 2 aromatic rings. The van der Waals surface area contributed by atoms with Crippen molar-refractivity contribution in [3.05, 3.63) is 64.2 Å². The number of methoxy groups -OCH3 is 1. The molecular weight excluding hydrogens is 442 g/mol. The van der Waals surface area contributed by atoms with Crippen molar-refractivity contribution in [1.82, 2.24) is 5.32 Å². The maximum absolute atomic E-state index is 12.3. The number of aryl methyl sites for hydroxylation is 1. The van der Waals surface area contributed by atoms with Gasteiger partial charge in [0.1, 0.15) is 24.7 Å². The highest BCUT2D eigenvalue weighted by Gasteiger charge is 2.10. The Bertz CT molecular complexity index is 922. The number of benzene rings is 2. The largest absolute Gasteiger partial charge is 0.495 e. The van der Waals surface area contributed by atoms with Gasteiger partial charge in [-0.05, 0) is 37.0 Å². The van der Waals surface area contributed by atoms with E-state index in [2.05, 4.69) is 15.5 Å². The molecule has 0 unspecified atom stereocenters. The van der Waals surface area contributed by atoms with Gasteiger partial charge in [-0.3, -0.25) is 9.59 Å². The first kappa shape index (κ1) is 26.4. The second-order valence-electron chi connectivity index (χ2n) is 7.46. The summed E-state index contributed by atoms with van der Waals surface area (Å²) in [6, 6.07) is 14.7. The lowest BCUT2D eigenvalue weighted by Gasteiger charge is -2.13. The number of rotatable bonds is 16. The molecular formula is C24H31N3O7. The van der Waals surface area contributed by atoms with Crippen LogP contribution in [0.5, 0.6) is 11.5 Å². The van der Waals surface area contributed by atoms with Crippen LogP contribution < -0.4 is 20.1 Å². The van der Waals surface area contributed by atoms with Crippen LogP contribution in [0.4, 0.5) is 5.69 Å². The number of amides is 2. The highest BCUT2D eigenvalue weighted by Crippen LogP contribution is 2.29. The van der Waals surface area contributed by atoms with Crippen molar-refractivity contribution in [2.45, 2.75) is 38.5 Å². The lowest BCUT2D eigenvalue weighted by atomic mass is 10.1. The van der Waals surface area contributed by atoms with Gasteiger partial charge in [0, 0.05) is 25.5 Å². The minimum atomic E-state index is -0.886. The number of ether oxygens (including phenoxy) is 2. The fourth-order valence-electron chi connectivity index (χ4n) is 3.16. The Kier molecular flexibility index (Phi) is 11.7. The number of carbonyl (C=O) groups is 2. The van der Waals surface area contributed by atoms with Crippen LogP contribution in [-0.2, 0) is 20.8 Å².